The van der Waals surface area contributed by atoms with Crippen LogP contribution >= 0.6 is 15.9 Å². The molecule has 144 valence electrons. The second-order valence-electron chi connectivity index (χ2n) is 6.30. The molecule has 0 aliphatic carbocycles. The first-order valence-corrected chi connectivity index (χ1v) is 8.95. The molecule has 27 heavy (non-hydrogen) atoms. The summed E-state index contributed by atoms with van der Waals surface area (Å²) in [5, 5.41) is 4.49. The molecule has 3 rings (SSSR count). The van der Waals surface area contributed by atoms with Crippen LogP contribution in [0.5, 0.6) is 5.75 Å². The molecule has 0 aromatic heterocycles. The van der Waals surface area contributed by atoms with E-state index in [1.807, 2.05) is 24.3 Å². The van der Waals surface area contributed by atoms with Crippen molar-refractivity contribution in [2.75, 3.05) is 19.7 Å². The minimum Gasteiger partial charge on any atom is -0.484 e. The van der Waals surface area contributed by atoms with Crippen LogP contribution in [0.25, 0.3) is 10.8 Å². The van der Waals surface area contributed by atoms with Gasteiger partial charge in [0.25, 0.3) is 5.91 Å². The van der Waals surface area contributed by atoms with Crippen molar-refractivity contribution in [2.24, 2.45) is 0 Å². The number of carbonyl (C=O) groups excluding carboxylic acids is 2. The summed E-state index contributed by atoms with van der Waals surface area (Å²) in [6.07, 6.45) is -4.60. The number of hydrogen-bond acceptors (Lipinski definition) is 3. The molecule has 0 saturated carbocycles. The van der Waals surface area contributed by atoms with Crippen molar-refractivity contribution in [1.82, 2.24) is 10.2 Å². The minimum absolute atomic E-state index is 0.146. The zero-order valence-electron chi connectivity index (χ0n) is 14.1. The fourth-order valence-electron chi connectivity index (χ4n) is 2.94. The molecule has 1 N–H and O–H groups in total. The van der Waals surface area contributed by atoms with Gasteiger partial charge in [0.2, 0.25) is 5.91 Å². The summed E-state index contributed by atoms with van der Waals surface area (Å²) >= 11 is 3.39. The van der Waals surface area contributed by atoms with E-state index >= 15 is 0 Å². The predicted molar refractivity (Wildman–Crippen MR) is 96.3 cm³/mol. The highest BCUT2D eigenvalue weighted by molar-refractivity contribution is 9.10. The quantitative estimate of drug-likeness (QED) is 0.769. The molecule has 9 heteroatoms. The molecule has 1 fully saturated rings. The Balaban J connectivity index is 1.51. The Hall–Kier alpha value is -2.29. The third-order valence-corrected chi connectivity index (χ3v) is 4.59. The number of hydrogen-bond donors (Lipinski definition) is 1. The van der Waals surface area contributed by atoms with Gasteiger partial charge < -0.3 is 15.0 Å². The summed E-state index contributed by atoms with van der Waals surface area (Å²) in [7, 11) is 0. The topological polar surface area (TPSA) is 58.6 Å². The summed E-state index contributed by atoms with van der Waals surface area (Å²) in [5.41, 5.74) is 0. The number of fused-ring (bicyclic) bond motifs is 1. The summed E-state index contributed by atoms with van der Waals surface area (Å²) in [4.78, 5) is 24.3. The molecule has 0 bridgehead atoms. The Bertz CT molecular complexity index is 873. The van der Waals surface area contributed by atoms with Crippen molar-refractivity contribution in [3.8, 4) is 5.75 Å². The molecule has 1 aliphatic heterocycles. The van der Waals surface area contributed by atoms with Gasteiger partial charge in [0.05, 0.1) is 6.04 Å². The Kier molecular flexibility index (Phi) is 5.59. The number of likely N-dealkylation sites (tertiary alicyclic amines) is 1. The van der Waals surface area contributed by atoms with E-state index in [0.29, 0.717) is 10.6 Å². The molecule has 0 unspecified atom stereocenters. The standard InChI is InChI=1S/C18H16BrF3N2O3/c19-13-3-1-12-6-15(4-2-11(12)5-13)27-9-16(25)23-14-7-17(26)24(8-14)10-18(20,21)22/h1-6,14H,7-10H2,(H,23,25)/t14-/m0/s1. The van der Waals surface area contributed by atoms with Crippen LogP contribution < -0.4 is 10.1 Å². The Morgan fingerprint density at radius 2 is 1.93 bits per heavy atom. The zero-order valence-corrected chi connectivity index (χ0v) is 15.6. The average molecular weight is 445 g/mol. The lowest BCUT2D eigenvalue weighted by Crippen LogP contribution is -2.41. The van der Waals surface area contributed by atoms with Crippen LogP contribution in [0, 0.1) is 0 Å². The van der Waals surface area contributed by atoms with E-state index in [-0.39, 0.29) is 19.6 Å². The second kappa shape index (κ2) is 7.75. The van der Waals surface area contributed by atoms with E-state index in [1.54, 1.807) is 12.1 Å². The lowest BCUT2D eigenvalue weighted by Gasteiger charge is -2.18. The van der Waals surface area contributed by atoms with Crippen molar-refractivity contribution < 1.29 is 27.5 Å². The third-order valence-electron chi connectivity index (χ3n) is 4.09. The Morgan fingerprint density at radius 3 is 2.67 bits per heavy atom. The maximum Gasteiger partial charge on any atom is 0.406 e. The van der Waals surface area contributed by atoms with Gasteiger partial charge in [-0.2, -0.15) is 13.2 Å². The number of nitrogens with one attached hydrogen (secondary N) is 1. The predicted octanol–water partition coefficient (Wildman–Crippen LogP) is 3.26. The van der Waals surface area contributed by atoms with Gasteiger partial charge in [-0.3, -0.25) is 9.59 Å². The number of carbonyl (C=O) groups is 2. The molecule has 2 aromatic carbocycles. The summed E-state index contributed by atoms with van der Waals surface area (Å²) in [6, 6.07) is 10.5. The molecule has 1 aliphatic rings. The van der Waals surface area contributed by atoms with Crippen LogP contribution in [-0.4, -0.2) is 48.6 Å². The van der Waals surface area contributed by atoms with Crippen LogP contribution in [0.3, 0.4) is 0 Å². The van der Waals surface area contributed by atoms with Crippen LogP contribution in [0.2, 0.25) is 0 Å². The number of halogens is 4. The van der Waals surface area contributed by atoms with Crippen molar-refractivity contribution in [1.29, 1.82) is 0 Å². The van der Waals surface area contributed by atoms with Crippen molar-refractivity contribution in [2.45, 2.75) is 18.6 Å². The molecular formula is C18H16BrF3N2O3. The summed E-state index contributed by atoms with van der Waals surface area (Å²) in [6.45, 7) is -1.75. The van der Waals surface area contributed by atoms with E-state index in [0.717, 1.165) is 15.2 Å². The third kappa shape index (κ3) is 5.35. The first kappa shape index (κ1) is 19.5. The average Bonchev–Trinajstić information content (AvgIpc) is 2.90. The fourth-order valence-corrected chi connectivity index (χ4v) is 3.32. The maximum atomic E-state index is 12.4. The van der Waals surface area contributed by atoms with Gasteiger partial charge in [-0.15, -0.1) is 0 Å². The molecule has 1 atom stereocenters. The monoisotopic (exact) mass is 444 g/mol. The van der Waals surface area contributed by atoms with Gasteiger partial charge in [-0.05, 0) is 35.0 Å². The van der Waals surface area contributed by atoms with Crippen molar-refractivity contribution in [3.63, 3.8) is 0 Å². The number of nitrogens with zero attached hydrogens (tertiary/aromatic N) is 1. The van der Waals surface area contributed by atoms with E-state index in [2.05, 4.69) is 21.2 Å². The van der Waals surface area contributed by atoms with E-state index in [1.165, 1.54) is 0 Å². The highest BCUT2D eigenvalue weighted by Crippen LogP contribution is 2.24. The molecule has 0 spiro atoms. The SMILES string of the molecule is O=C(COc1ccc2cc(Br)ccc2c1)N[C@H]1CC(=O)N(CC(F)(F)F)C1. The van der Waals surface area contributed by atoms with Gasteiger partial charge >= 0.3 is 6.18 Å². The van der Waals surface area contributed by atoms with E-state index < -0.39 is 30.6 Å². The van der Waals surface area contributed by atoms with Crippen molar-refractivity contribution in [3.05, 3.63) is 40.9 Å². The van der Waals surface area contributed by atoms with Crippen LogP contribution in [0.15, 0.2) is 40.9 Å². The highest BCUT2D eigenvalue weighted by atomic mass is 79.9. The Labute approximate surface area is 161 Å². The minimum atomic E-state index is -4.46. The molecular weight excluding hydrogens is 429 g/mol. The van der Waals surface area contributed by atoms with Gasteiger partial charge in [0, 0.05) is 17.4 Å². The molecule has 0 radical (unpaired) electrons. The van der Waals surface area contributed by atoms with E-state index in [9.17, 15) is 22.8 Å². The smallest absolute Gasteiger partial charge is 0.406 e. The summed E-state index contributed by atoms with van der Waals surface area (Å²) < 4.78 is 43.6. The number of benzene rings is 2. The maximum absolute atomic E-state index is 12.4. The number of ether oxygens (including phenoxy) is 1. The first-order chi connectivity index (χ1) is 12.7. The largest absolute Gasteiger partial charge is 0.484 e. The number of alkyl halides is 3. The molecule has 2 amide bonds. The Morgan fingerprint density at radius 1 is 1.22 bits per heavy atom. The van der Waals surface area contributed by atoms with Gasteiger partial charge in [0.1, 0.15) is 12.3 Å². The van der Waals surface area contributed by atoms with Gasteiger partial charge in [-0.1, -0.05) is 28.1 Å². The van der Waals surface area contributed by atoms with Crippen LogP contribution in [0.1, 0.15) is 6.42 Å². The lowest BCUT2D eigenvalue weighted by atomic mass is 10.1. The molecule has 5 nitrogen and oxygen atoms in total. The van der Waals surface area contributed by atoms with Crippen LogP contribution in [0.4, 0.5) is 13.2 Å². The first-order valence-electron chi connectivity index (χ1n) is 8.15. The zero-order chi connectivity index (χ0) is 19.6. The lowest BCUT2D eigenvalue weighted by molar-refractivity contribution is -0.157. The molecule has 1 heterocycles. The van der Waals surface area contributed by atoms with Crippen molar-refractivity contribution >= 4 is 38.5 Å². The van der Waals surface area contributed by atoms with Gasteiger partial charge in [0.15, 0.2) is 6.61 Å². The fraction of sp³-hybridized carbons (Fsp3) is 0.333. The highest BCUT2D eigenvalue weighted by Gasteiger charge is 2.38. The van der Waals surface area contributed by atoms with Gasteiger partial charge in [-0.25, -0.2) is 0 Å². The number of amides is 2. The number of rotatable bonds is 5. The summed E-state index contributed by atoms with van der Waals surface area (Å²) in [5.74, 6) is -0.613. The second-order valence-corrected chi connectivity index (χ2v) is 7.22. The molecule has 2 aromatic rings. The van der Waals surface area contributed by atoms with E-state index in [4.69, 9.17) is 4.74 Å². The van der Waals surface area contributed by atoms with Crippen LogP contribution in [-0.2, 0) is 9.59 Å². The normalized spacial score (nSPS) is 17.4. The molecule has 1 saturated heterocycles.